The number of esters is 1. The average molecular weight is 576 g/mol. The number of aliphatic hydroxyl groups is 1. The first kappa shape index (κ1) is 29.9. The van der Waals surface area contributed by atoms with E-state index in [1.54, 1.807) is 0 Å². The van der Waals surface area contributed by atoms with Crippen LogP contribution >= 0.6 is 0 Å². The van der Waals surface area contributed by atoms with Crippen LogP contribution in [0.4, 0.5) is 0 Å². The lowest BCUT2D eigenvalue weighted by Crippen LogP contribution is -2.50. The van der Waals surface area contributed by atoms with Crippen molar-refractivity contribution >= 4 is 31.1 Å². The monoisotopic (exact) mass is 576 g/mol. The van der Waals surface area contributed by atoms with Gasteiger partial charge in [0.2, 0.25) is 0 Å². The van der Waals surface area contributed by atoms with Crippen LogP contribution in [-0.4, -0.2) is 68.2 Å². The molecule has 8 nitrogen and oxygen atoms in total. The fourth-order valence-electron chi connectivity index (χ4n) is 7.04. The summed E-state index contributed by atoms with van der Waals surface area (Å²) in [6.07, 6.45) is -1.17. The Labute approximate surface area is 249 Å². The van der Waals surface area contributed by atoms with Gasteiger partial charge in [-0.15, -0.1) is 0 Å². The molecule has 5 unspecified atom stereocenters. The second-order valence-electron chi connectivity index (χ2n) is 14.2. The topological polar surface area (TPSA) is 92.7 Å². The Hall–Kier alpha value is -2.20. The molecular weight excluding hydrogens is 534 g/mol. The molecule has 2 aliphatic heterocycles. The SMILES string of the molecule is COC(=O)C1C2c3cc(B4OC(C)(C)C(C)(C)O4)ccc3C(c3cc(B4OC(C)(C)C(C)(C)O4)ccc32)C1C(O)OC. The second-order valence-corrected chi connectivity index (χ2v) is 14.2. The number of methoxy groups -OCH3 is 2. The molecule has 3 aliphatic carbocycles. The van der Waals surface area contributed by atoms with Gasteiger partial charge >= 0.3 is 20.2 Å². The van der Waals surface area contributed by atoms with E-state index in [1.165, 1.54) is 14.2 Å². The highest BCUT2D eigenvalue weighted by Crippen LogP contribution is 2.59. The van der Waals surface area contributed by atoms with Crippen LogP contribution in [0.1, 0.15) is 89.5 Å². The first-order valence-corrected chi connectivity index (χ1v) is 14.8. The molecule has 5 aliphatic rings. The van der Waals surface area contributed by atoms with Crippen molar-refractivity contribution in [3.05, 3.63) is 58.7 Å². The smallest absolute Gasteiger partial charge is 0.469 e. The number of rotatable bonds is 5. The Morgan fingerprint density at radius 3 is 1.52 bits per heavy atom. The van der Waals surface area contributed by atoms with Crippen LogP contribution < -0.4 is 10.9 Å². The van der Waals surface area contributed by atoms with Crippen molar-refractivity contribution in [2.45, 2.75) is 95.9 Å². The third-order valence-corrected chi connectivity index (χ3v) is 10.8. The van der Waals surface area contributed by atoms with Crippen molar-refractivity contribution in [2.24, 2.45) is 11.8 Å². The van der Waals surface area contributed by atoms with Crippen molar-refractivity contribution in [3.63, 3.8) is 0 Å². The van der Waals surface area contributed by atoms with Crippen molar-refractivity contribution in [2.75, 3.05) is 14.2 Å². The third-order valence-electron chi connectivity index (χ3n) is 10.8. The largest absolute Gasteiger partial charge is 0.494 e. The van der Waals surface area contributed by atoms with Gasteiger partial charge in [0.15, 0.2) is 6.29 Å². The van der Waals surface area contributed by atoms with Crippen molar-refractivity contribution in [1.29, 1.82) is 0 Å². The Bertz CT molecular complexity index is 1390. The van der Waals surface area contributed by atoms with E-state index in [9.17, 15) is 9.90 Å². The van der Waals surface area contributed by atoms with Crippen LogP contribution in [-0.2, 0) is 32.9 Å². The molecule has 0 aromatic heterocycles. The van der Waals surface area contributed by atoms with E-state index < -0.39 is 54.8 Å². The van der Waals surface area contributed by atoms with Gasteiger partial charge in [0, 0.05) is 24.9 Å². The molecule has 0 radical (unpaired) electrons. The maximum absolute atomic E-state index is 13.5. The second kappa shape index (κ2) is 9.65. The zero-order chi connectivity index (χ0) is 30.6. The molecule has 0 saturated carbocycles. The number of hydrogen-bond acceptors (Lipinski definition) is 8. The Kier molecular flexibility index (Phi) is 6.86. The first-order valence-electron chi connectivity index (χ1n) is 14.8. The lowest BCUT2D eigenvalue weighted by Gasteiger charge is -2.50. The summed E-state index contributed by atoms with van der Waals surface area (Å²) in [5.41, 5.74) is 3.98. The molecule has 2 bridgehead atoms. The molecule has 0 amide bonds. The number of carbonyl (C=O) groups excluding carboxylic acids is 1. The van der Waals surface area contributed by atoms with Gasteiger partial charge in [-0.1, -0.05) is 36.4 Å². The summed E-state index contributed by atoms with van der Waals surface area (Å²) in [5, 5.41) is 11.2. The van der Waals surface area contributed by atoms with E-state index >= 15 is 0 Å². The molecule has 1 N–H and O–H groups in total. The number of aliphatic hydroxyl groups excluding tert-OH is 1. The number of carbonyl (C=O) groups is 1. The summed E-state index contributed by atoms with van der Waals surface area (Å²) in [5.74, 6) is -2.26. The van der Waals surface area contributed by atoms with Gasteiger partial charge in [0.25, 0.3) is 0 Å². The minimum atomic E-state index is -1.17. The molecule has 2 heterocycles. The maximum Gasteiger partial charge on any atom is 0.494 e. The molecular formula is C32H42B2O8. The van der Waals surface area contributed by atoms with Gasteiger partial charge in [-0.3, -0.25) is 4.79 Å². The summed E-state index contributed by atoms with van der Waals surface area (Å²) in [7, 11) is 1.78. The lowest BCUT2D eigenvalue weighted by molar-refractivity contribution is -0.168. The molecule has 0 spiro atoms. The van der Waals surface area contributed by atoms with Crippen molar-refractivity contribution in [1.82, 2.24) is 0 Å². The van der Waals surface area contributed by atoms with E-state index in [4.69, 9.17) is 28.1 Å². The highest BCUT2D eigenvalue weighted by molar-refractivity contribution is 6.62. The summed E-state index contributed by atoms with van der Waals surface area (Å²) >= 11 is 0. The van der Waals surface area contributed by atoms with E-state index in [0.717, 1.165) is 33.2 Å². The minimum absolute atomic E-state index is 0.325. The van der Waals surface area contributed by atoms with Crippen LogP contribution in [0.15, 0.2) is 36.4 Å². The molecule has 5 atom stereocenters. The van der Waals surface area contributed by atoms with E-state index in [0.29, 0.717) is 0 Å². The third kappa shape index (κ3) is 4.25. The van der Waals surface area contributed by atoms with Gasteiger partial charge in [-0.05, 0) is 88.6 Å². The van der Waals surface area contributed by atoms with Gasteiger partial charge in [0.1, 0.15) is 0 Å². The van der Waals surface area contributed by atoms with Crippen LogP contribution in [0, 0.1) is 11.8 Å². The minimum Gasteiger partial charge on any atom is -0.469 e. The number of hydrogen-bond donors (Lipinski definition) is 1. The quantitative estimate of drug-likeness (QED) is 0.330. The van der Waals surface area contributed by atoms with E-state index in [2.05, 4.69) is 24.3 Å². The number of benzene rings is 2. The molecule has 2 aromatic carbocycles. The molecule has 2 aromatic rings. The number of ether oxygens (including phenoxy) is 2. The van der Waals surface area contributed by atoms with Gasteiger partial charge < -0.3 is 33.2 Å². The van der Waals surface area contributed by atoms with Crippen molar-refractivity contribution in [3.8, 4) is 0 Å². The normalized spacial score (nSPS) is 30.2. The molecule has 7 rings (SSSR count). The van der Waals surface area contributed by atoms with Crippen LogP contribution in [0.5, 0.6) is 0 Å². The van der Waals surface area contributed by atoms with E-state index in [1.807, 2.05) is 67.5 Å². The first-order chi connectivity index (χ1) is 19.5. The standard InChI is InChI=1S/C32H42B2O8/c1-29(2)30(3,4)40-33(39-29)17-11-13-19-21(15-17)23-20-14-12-18(34-41-31(5,6)32(7,8)42-34)16-22(20)24(19)26(28(36)38-10)25(23)27(35)37-9/h11-16,23-27,35H,1-10H3. The van der Waals surface area contributed by atoms with E-state index in [-0.39, 0.29) is 17.8 Å². The number of fused-ring (bicyclic) bond motifs is 1. The average Bonchev–Trinajstić information content (AvgIpc) is 3.30. The Balaban J connectivity index is 1.48. The Morgan fingerprint density at radius 1 is 0.714 bits per heavy atom. The van der Waals surface area contributed by atoms with Crippen LogP contribution in [0.3, 0.4) is 0 Å². The summed E-state index contributed by atoms with van der Waals surface area (Å²) in [6.45, 7) is 16.3. The fourth-order valence-corrected chi connectivity index (χ4v) is 7.04. The molecule has 2 saturated heterocycles. The van der Waals surface area contributed by atoms with Gasteiger partial charge in [0.05, 0.1) is 35.4 Å². The zero-order valence-electron chi connectivity index (χ0n) is 26.3. The molecule has 10 heteroatoms. The summed E-state index contributed by atoms with van der Waals surface area (Å²) < 4.78 is 36.3. The highest BCUT2D eigenvalue weighted by Gasteiger charge is 2.58. The maximum atomic E-state index is 13.5. The van der Waals surface area contributed by atoms with Crippen molar-refractivity contribution < 1.29 is 38.0 Å². The Morgan fingerprint density at radius 2 is 1.12 bits per heavy atom. The fraction of sp³-hybridized carbons (Fsp3) is 0.594. The predicted molar refractivity (Wildman–Crippen MR) is 160 cm³/mol. The predicted octanol–water partition coefficient (Wildman–Crippen LogP) is 3.25. The summed E-state index contributed by atoms with van der Waals surface area (Å²) in [6, 6.07) is 12.4. The molecule has 2 fully saturated rings. The van der Waals surface area contributed by atoms with Gasteiger partial charge in [-0.25, -0.2) is 0 Å². The van der Waals surface area contributed by atoms with Crippen LogP contribution in [0.25, 0.3) is 0 Å². The molecule has 42 heavy (non-hydrogen) atoms. The highest BCUT2D eigenvalue weighted by atomic mass is 16.7. The zero-order valence-corrected chi connectivity index (χ0v) is 26.3. The summed E-state index contributed by atoms with van der Waals surface area (Å²) in [4.78, 5) is 13.5. The van der Waals surface area contributed by atoms with Crippen LogP contribution in [0.2, 0.25) is 0 Å². The molecule has 224 valence electrons. The van der Waals surface area contributed by atoms with Gasteiger partial charge in [-0.2, -0.15) is 0 Å². The lowest BCUT2D eigenvalue weighted by atomic mass is 9.52.